The molecule has 3 nitrogen and oxygen atoms in total. The van der Waals surface area contributed by atoms with Crippen molar-refractivity contribution in [2.45, 2.75) is 31.3 Å². The number of Topliss-reactive ketones (excluding diaryl/α,β-unsaturated/α-hetero) is 1. The molecular weight excluding hydrogens is 260 g/mol. The maximum Gasteiger partial charge on any atom is 0.164 e. The molecular formula is C12H15ClO3S. The highest BCUT2D eigenvalue weighted by atomic mass is 35.5. The molecule has 0 spiro atoms. The molecule has 94 valence electrons. The van der Waals surface area contributed by atoms with Crippen molar-refractivity contribution in [2.75, 3.05) is 0 Å². The molecule has 0 bridgehead atoms. The van der Waals surface area contributed by atoms with Gasteiger partial charge in [0.05, 0.1) is 5.75 Å². The molecule has 1 aromatic carbocycles. The number of ketones is 1. The van der Waals surface area contributed by atoms with Crippen LogP contribution in [0.3, 0.4) is 0 Å². The first kappa shape index (κ1) is 14.2. The summed E-state index contributed by atoms with van der Waals surface area (Å²) < 4.78 is 23.9. The van der Waals surface area contributed by atoms with E-state index in [-0.39, 0.29) is 18.0 Å². The molecule has 0 N–H and O–H groups in total. The molecule has 0 heterocycles. The number of hydrogen-bond donors (Lipinski definition) is 0. The molecule has 1 atom stereocenters. The highest BCUT2D eigenvalue weighted by Crippen LogP contribution is 2.15. The van der Waals surface area contributed by atoms with Gasteiger partial charge in [-0.25, -0.2) is 8.42 Å². The maximum atomic E-state index is 11.9. The van der Waals surface area contributed by atoms with Gasteiger partial charge in [0, 0.05) is 11.4 Å². The summed E-state index contributed by atoms with van der Waals surface area (Å²) in [4.78, 5) is 11.4. The minimum absolute atomic E-state index is 0.128. The van der Waals surface area contributed by atoms with E-state index in [4.69, 9.17) is 11.6 Å². The molecule has 0 aliphatic heterocycles. The van der Waals surface area contributed by atoms with Gasteiger partial charge in [-0.05, 0) is 24.6 Å². The first-order chi connectivity index (χ1) is 7.86. The second kappa shape index (κ2) is 5.65. The summed E-state index contributed by atoms with van der Waals surface area (Å²) in [7, 11) is -3.43. The number of hydrogen-bond acceptors (Lipinski definition) is 3. The largest absolute Gasteiger partial charge is 0.298 e. The molecule has 5 heteroatoms. The van der Waals surface area contributed by atoms with Gasteiger partial charge in [-0.1, -0.05) is 30.7 Å². The van der Waals surface area contributed by atoms with E-state index in [1.54, 1.807) is 31.2 Å². The molecule has 0 aliphatic carbocycles. The molecule has 1 rings (SSSR count). The van der Waals surface area contributed by atoms with E-state index in [1.165, 1.54) is 6.92 Å². The van der Waals surface area contributed by atoms with Gasteiger partial charge in [-0.15, -0.1) is 0 Å². The molecule has 0 radical (unpaired) electrons. The molecule has 1 aromatic rings. The van der Waals surface area contributed by atoms with Crippen LogP contribution in [-0.4, -0.2) is 19.5 Å². The quantitative estimate of drug-likeness (QED) is 0.829. The normalized spacial score (nSPS) is 13.4. The van der Waals surface area contributed by atoms with E-state index >= 15 is 0 Å². The smallest absolute Gasteiger partial charge is 0.164 e. The number of carbonyl (C=O) groups excluding carboxylic acids is 1. The first-order valence-corrected chi connectivity index (χ1v) is 7.45. The van der Waals surface area contributed by atoms with Crippen LogP contribution in [-0.2, 0) is 20.4 Å². The van der Waals surface area contributed by atoms with E-state index in [0.717, 1.165) is 0 Å². The predicted molar refractivity (Wildman–Crippen MR) is 68.8 cm³/mol. The third-order valence-electron chi connectivity index (χ3n) is 2.62. The van der Waals surface area contributed by atoms with E-state index in [9.17, 15) is 13.2 Å². The Morgan fingerprint density at radius 1 is 1.29 bits per heavy atom. The molecule has 0 fully saturated rings. The summed E-state index contributed by atoms with van der Waals surface area (Å²) in [5.74, 6) is -0.379. The lowest BCUT2D eigenvalue weighted by Gasteiger charge is -2.10. The van der Waals surface area contributed by atoms with E-state index in [0.29, 0.717) is 10.6 Å². The molecule has 17 heavy (non-hydrogen) atoms. The number of benzene rings is 1. The van der Waals surface area contributed by atoms with E-state index < -0.39 is 15.1 Å². The van der Waals surface area contributed by atoms with E-state index in [2.05, 4.69) is 0 Å². The van der Waals surface area contributed by atoms with Crippen LogP contribution in [0.5, 0.6) is 0 Å². The number of halogens is 1. The summed E-state index contributed by atoms with van der Waals surface area (Å²) in [5.41, 5.74) is 0.644. The third kappa shape index (κ3) is 3.82. The molecule has 0 aliphatic rings. The van der Waals surface area contributed by atoms with Crippen molar-refractivity contribution in [3.8, 4) is 0 Å². The van der Waals surface area contributed by atoms with Gasteiger partial charge in [0.1, 0.15) is 11.0 Å². The lowest BCUT2D eigenvalue weighted by atomic mass is 10.2. The predicted octanol–water partition coefficient (Wildman–Crippen LogP) is 2.62. The average Bonchev–Trinajstić information content (AvgIpc) is 2.30. The van der Waals surface area contributed by atoms with Gasteiger partial charge < -0.3 is 0 Å². The van der Waals surface area contributed by atoms with Crippen molar-refractivity contribution in [3.63, 3.8) is 0 Å². The van der Waals surface area contributed by atoms with Crippen molar-refractivity contribution in [1.82, 2.24) is 0 Å². The third-order valence-corrected chi connectivity index (χ3v) is 4.95. The Kier molecular flexibility index (Phi) is 4.71. The zero-order valence-corrected chi connectivity index (χ0v) is 11.4. The average molecular weight is 275 g/mol. The standard InChI is InChI=1S/C12H15ClO3S/c1-3-12(14)9(2)17(15,16)8-10-4-6-11(13)7-5-10/h4-7,9H,3,8H2,1-2H3. The summed E-state index contributed by atoms with van der Waals surface area (Å²) in [5, 5.41) is -0.382. The monoisotopic (exact) mass is 274 g/mol. The Morgan fingerprint density at radius 2 is 1.82 bits per heavy atom. The van der Waals surface area contributed by atoms with Gasteiger partial charge in [-0.2, -0.15) is 0 Å². The fourth-order valence-electron chi connectivity index (χ4n) is 1.43. The Bertz CT molecular complexity index is 491. The van der Waals surface area contributed by atoms with Crippen LogP contribution in [0, 0.1) is 0 Å². The van der Waals surface area contributed by atoms with E-state index in [1.807, 2.05) is 0 Å². The second-order valence-electron chi connectivity index (χ2n) is 3.90. The summed E-state index contributed by atoms with van der Waals surface area (Å²) >= 11 is 5.71. The molecule has 0 saturated heterocycles. The minimum Gasteiger partial charge on any atom is -0.298 e. The molecule has 0 saturated carbocycles. The van der Waals surface area contributed by atoms with Crippen LogP contribution in [0.2, 0.25) is 5.02 Å². The van der Waals surface area contributed by atoms with Crippen LogP contribution < -0.4 is 0 Å². The Hall–Kier alpha value is -0.870. The van der Waals surface area contributed by atoms with Crippen LogP contribution in [0.25, 0.3) is 0 Å². The van der Waals surface area contributed by atoms with Crippen LogP contribution in [0.15, 0.2) is 24.3 Å². The zero-order chi connectivity index (χ0) is 13.1. The fourth-order valence-corrected chi connectivity index (χ4v) is 3.03. The topological polar surface area (TPSA) is 51.2 Å². The van der Waals surface area contributed by atoms with Crippen molar-refractivity contribution >= 4 is 27.2 Å². The van der Waals surface area contributed by atoms with Gasteiger partial charge in [0.15, 0.2) is 9.84 Å². The molecule has 0 amide bonds. The van der Waals surface area contributed by atoms with Crippen molar-refractivity contribution < 1.29 is 13.2 Å². The number of sulfone groups is 1. The van der Waals surface area contributed by atoms with Gasteiger partial charge >= 0.3 is 0 Å². The first-order valence-electron chi connectivity index (χ1n) is 5.35. The SMILES string of the molecule is CCC(=O)C(C)S(=O)(=O)Cc1ccc(Cl)cc1. The Morgan fingerprint density at radius 3 is 2.29 bits per heavy atom. The highest BCUT2D eigenvalue weighted by molar-refractivity contribution is 7.92. The molecule has 1 unspecified atom stereocenters. The molecule has 0 aromatic heterocycles. The lowest BCUT2D eigenvalue weighted by Crippen LogP contribution is -2.27. The second-order valence-corrected chi connectivity index (χ2v) is 6.65. The zero-order valence-electron chi connectivity index (χ0n) is 9.81. The highest BCUT2D eigenvalue weighted by Gasteiger charge is 2.26. The van der Waals surface area contributed by atoms with Crippen LogP contribution in [0.4, 0.5) is 0 Å². The Balaban J connectivity index is 2.86. The van der Waals surface area contributed by atoms with Gasteiger partial charge in [0.25, 0.3) is 0 Å². The number of carbonyl (C=O) groups is 1. The maximum absolute atomic E-state index is 11.9. The summed E-state index contributed by atoms with van der Waals surface area (Å²) in [6.07, 6.45) is 0.237. The minimum atomic E-state index is -3.43. The lowest BCUT2D eigenvalue weighted by molar-refractivity contribution is -0.118. The summed E-state index contributed by atoms with van der Waals surface area (Å²) in [6.45, 7) is 3.10. The summed E-state index contributed by atoms with van der Waals surface area (Å²) in [6, 6.07) is 6.59. The van der Waals surface area contributed by atoms with Crippen molar-refractivity contribution in [1.29, 1.82) is 0 Å². The van der Waals surface area contributed by atoms with Crippen LogP contribution >= 0.6 is 11.6 Å². The van der Waals surface area contributed by atoms with Gasteiger partial charge in [-0.3, -0.25) is 4.79 Å². The van der Waals surface area contributed by atoms with Crippen molar-refractivity contribution in [2.24, 2.45) is 0 Å². The van der Waals surface area contributed by atoms with Crippen LogP contribution in [0.1, 0.15) is 25.8 Å². The Labute approximate surface area is 107 Å². The van der Waals surface area contributed by atoms with Crippen molar-refractivity contribution in [3.05, 3.63) is 34.9 Å². The number of rotatable bonds is 5. The van der Waals surface area contributed by atoms with Gasteiger partial charge in [0.2, 0.25) is 0 Å². The fraction of sp³-hybridized carbons (Fsp3) is 0.417.